The number of nitrogens with one attached hydrogen (secondary N) is 1. The lowest BCUT2D eigenvalue weighted by molar-refractivity contribution is -0.119. The Morgan fingerprint density at radius 1 is 1.03 bits per heavy atom. The Labute approximate surface area is 217 Å². The van der Waals surface area contributed by atoms with Crippen LogP contribution in [-0.4, -0.2) is 39.9 Å². The van der Waals surface area contributed by atoms with Crippen molar-refractivity contribution in [3.63, 3.8) is 0 Å². The van der Waals surface area contributed by atoms with E-state index < -0.39 is 22.5 Å². The number of carbonyl (C=O) groups is 1. The molecule has 0 atom stereocenters. The molecule has 0 fully saturated rings. The number of amides is 1. The average Bonchev–Trinajstić information content (AvgIpc) is 2.87. The molecule has 0 aliphatic carbocycles. The third kappa shape index (κ3) is 7.60. The van der Waals surface area contributed by atoms with Crippen molar-refractivity contribution in [1.29, 1.82) is 0 Å². The molecule has 3 rings (SSSR count). The first kappa shape index (κ1) is 27.3. The topological polar surface area (TPSA) is 88.1 Å². The van der Waals surface area contributed by atoms with E-state index in [1.165, 1.54) is 18.0 Å². The largest absolute Gasteiger partial charge is 0.493 e. The van der Waals surface area contributed by atoms with E-state index in [0.717, 1.165) is 26.1 Å². The Hall–Kier alpha value is -3.30. The van der Waals surface area contributed by atoms with E-state index >= 15 is 0 Å². The lowest BCUT2D eigenvalue weighted by Crippen LogP contribution is -2.39. The van der Waals surface area contributed by atoms with Gasteiger partial charge in [-0.1, -0.05) is 31.5 Å². The Kier molecular flexibility index (Phi) is 9.55. The summed E-state index contributed by atoms with van der Waals surface area (Å²) in [6, 6.07) is 20.9. The summed E-state index contributed by atoms with van der Waals surface area (Å²) < 4.78 is 33.7. The lowest BCUT2D eigenvalue weighted by atomic mass is 10.2. The molecule has 0 saturated heterocycles. The summed E-state index contributed by atoms with van der Waals surface area (Å²) in [5, 5.41) is 3.99. The Morgan fingerprint density at radius 3 is 2.25 bits per heavy atom. The summed E-state index contributed by atoms with van der Waals surface area (Å²) in [4.78, 5) is 13.8. The van der Waals surface area contributed by atoms with Gasteiger partial charge in [-0.25, -0.2) is 13.8 Å². The summed E-state index contributed by atoms with van der Waals surface area (Å²) in [6.45, 7) is 6.28. The number of carbonyl (C=O) groups excluding carboxylic acids is 1. The van der Waals surface area contributed by atoms with Crippen LogP contribution in [0.2, 0.25) is 0 Å². The molecule has 190 valence electrons. The Bertz CT molecular complexity index is 1270. The highest BCUT2D eigenvalue weighted by Gasteiger charge is 2.27. The van der Waals surface area contributed by atoms with E-state index in [4.69, 9.17) is 4.74 Å². The zero-order valence-electron chi connectivity index (χ0n) is 20.8. The monoisotopic (exact) mass is 525 g/mol. The normalized spacial score (nSPS) is 11.6. The van der Waals surface area contributed by atoms with Gasteiger partial charge in [0.25, 0.3) is 15.9 Å². The fourth-order valence-electron chi connectivity index (χ4n) is 3.16. The van der Waals surface area contributed by atoms with E-state index in [2.05, 4.69) is 24.4 Å². The van der Waals surface area contributed by atoms with E-state index in [9.17, 15) is 13.2 Å². The molecular formula is C27H31N3O4S2. The van der Waals surface area contributed by atoms with Crippen LogP contribution in [0.1, 0.15) is 25.0 Å². The molecule has 0 bridgehead atoms. The van der Waals surface area contributed by atoms with Gasteiger partial charge >= 0.3 is 0 Å². The van der Waals surface area contributed by atoms with Gasteiger partial charge in [0, 0.05) is 4.90 Å². The van der Waals surface area contributed by atoms with Gasteiger partial charge in [0.05, 0.1) is 23.4 Å². The second-order valence-corrected chi connectivity index (χ2v) is 11.3. The summed E-state index contributed by atoms with van der Waals surface area (Å²) in [7, 11) is -3.98. The number of nitrogens with zero attached hydrogens (tertiary/aromatic N) is 2. The van der Waals surface area contributed by atoms with Crippen molar-refractivity contribution in [1.82, 2.24) is 5.43 Å². The number of hydrogen-bond donors (Lipinski definition) is 1. The van der Waals surface area contributed by atoms with Crippen LogP contribution in [0.3, 0.4) is 0 Å². The molecule has 0 heterocycles. The predicted molar refractivity (Wildman–Crippen MR) is 146 cm³/mol. The lowest BCUT2D eigenvalue weighted by Gasteiger charge is -2.24. The molecule has 0 aliphatic heterocycles. The van der Waals surface area contributed by atoms with Crippen LogP contribution in [0.15, 0.2) is 87.7 Å². The number of aryl methyl sites for hydroxylation is 1. The van der Waals surface area contributed by atoms with Crippen molar-refractivity contribution in [3.05, 3.63) is 83.9 Å². The molecule has 0 unspecified atom stereocenters. The number of benzene rings is 3. The molecule has 1 N–H and O–H groups in total. The molecule has 36 heavy (non-hydrogen) atoms. The van der Waals surface area contributed by atoms with Gasteiger partial charge in [0.2, 0.25) is 0 Å². The zero-order chi connectivity index (χ0) is 26.1. The maximum atomic E-state index is 13.5. The number of rotatable bonds is 11. The molecular weight excluding hydrogens is 494 g/mol. The van der Waals surface area contributed by atoms with Crippen LogP contribution in [0.25, 0.3) is 0 Å². The second-order valence-electron chi connectivity index (χ2n) is 8.59. The van der Waals surface area contributed by atoms with Gasteiger partial charge in [-0.05, 0) is 85.3 Å². The highest BCUT2D eigenvalue weighted by Crippen LogP contribution is 2.25. The number of hydrogen-bond acceptors (Lipinski definition) is 6. The zero-order valence-corrected chi connectivity index (χ0v) is 22.5. The minimum atomic E-state index is -3.98. The van der Waals surface area contributed by atoms with Crippen molar-refractivity contribution >= 4 is 39.6 Å². The maximum absolute atomic E-state index is 13.5. The van der Waals surface area contributed by atoms with Crippen molar-refractivity contribution in [2.75, 3.05) is 23.7 Å². The van der Waals surface area contributed by atoms with Crippen LogP contribution in [0, 0.1) is 12.8 Å². The third-order valence-electron chi connectivity index (χ3n) is 5.12. The van der Waals surface area contributed by atoms with Crippen molar-refractivity contribution < 1.29 is 17.9 Å². The second kappa shape index (κ2) is 12.6. The van der Waals surface area contributed by atoms with Gasteiger partial charge in [-0.3, -0.25) is 9.10 Å². The first-order chi connectivity index (χ1) is 17.2. The van der Waals surface area contributed by atoms with Crippen LogP contribution >= 0.6 is 11.8 Å². The number of anilines is 1. The summed E-state index contributed by atoms with van der Waals surface area (Å²) >= 11 is 1.52. The average molecular weight is 526 g/mol. The van der Waals surface area contributed by atoms with Gasteiger partial charge in [0.15, 0.2) is 0 Å². The molecule has 3 aromatic rings. The van der Waals surface area contributed by atoms with E-state index in [1.54, 1.807) is 48.5 Å². The smallest absolute Gasteiger partial charge is 0.264 e. The molecule has 1 amide bonds. The fraction of sp³-hybridized carbons (Fsp3) is 0.259. The highest BCUT2D eigenvalue weighted by molar-refractivity contribution is 7.98. The Balaban J connectivity index is 1.73. The van der Waals surface area contributed by atoms with Crippen molar-refractivity contribution in [3.8, 4) is 5.75 Å². The maximum Gasteiger partial charge on any atom is 0.264 e. The highest BCUT2D eigenvalue weighted by atomic mass is 32.2. The van der Waals surface area contributed by atoms with E-state index in [-0.39, 0.29) is 4.90 Å². The van der Waals surface area contributed by atoms with E-state index in [1.807, 2.05) is 37.4 Å². The van der Waals surface area contributed by atoms with Crippen LogP contribution < -0.4 is 14.5 Å². The van der Waals surface area contributed by atoms with Gasteiger partial charge < -0.3 is 4.74 Å². The number of thioether (sulfide) groups is 1. The molecule has 7 nitrogen and oxygen atoms in total. The molecule has 9 heteroatoms. The van der Waals surface area contributed by atoms with Crippen molar-refractivity contribution in [2.45, 2.75) is 30.6 Å². The minimum Gasteiger partial charge on any atom is -0.493 e. The van der Waals surface area contributed by atoms with Crippen LogP contribution in [0.5, 0.6) is 5.75 Å². The minimum absolute atomic E-state index is 0.108. The van der Waals surface area contributed by atoms with Crippen LogP contribution in [0.4, 0.5) is 5.69 Å². The number of sulfonamides is 1. The number of hydrazone groups is 1. The first-order valence-corrected chi connectivity index (χ1v) is 14.1. The van der Waals surface area contributed by atoms with Crippen LogP contribution in [-0.2, 0) is 14.8 Å². The summed E-state index contributed by atoms with van der Waals surface area (Å²) in [5.74, 6) is 0.627. The molecule has 0 radical (unpaired) electrons. The summed E-state index contributed by atoms with van der Waals surface area (Å²) in [5.41, 5.74) is 4.57. The quantitative estimate of drug-likeness (QED) is 0.214. The van der Waals surface area contributed by atoms with E-state index in [0.29, 0.717) is 18.2 Å². The molecule has 0 saturated carbocycles. The first-order valence-electron chi connectivity index (χ1n) is 11.5. The predicted octanol–water partition coefficient (Wildman–Crippen LogP) is 5.10. The Morgan fingerprint density at radius 2 is 1.67 bits per heavy atom. The third-order valence-corrected chi connectivity index (χ3v) is 7.65. The molecule has 0 aromatic heterocycles. The standard InChI is InChI=1S/C27H31N3O4S2/c1-20(2)19-34-24-11-7-22(8-12-24)17-28-29-27(31)18-30(23-9-5-21(3)6-10-23)36(32,33)26-15-13-25(35-4)14-16-26/h5-17,20H,18-19H2,1-4H3,(H,29,31)/b28-17-. The van der Waals surface area contributed by atoms with Gasteiger partial charge in [-0.2, -0.15) is 5.10 Å². The van der Waals surface area contributed by atoms with Gasteiger partial charge in [-0.15, -0.1) is 11.8 Å². The molecule has 3 aromatic carbocycles. The fourth-order valence-corrected chi connectivity index (χ4v) is 4.99. The SMILES string of the molecule is CSc1ccc(S(=O)(=O)N(CC(=O)N/N=C\c2ccc(OCC(C)C)cc2)c2ccc(C)cc2)cc1. The van der Waals surface area contributed by atoms with Crippen molar-refractivity contribution in [2.24, 2.45) is 11.0 Å². The van der Waals surface area contributed by atoms with Gasteiger partial charge in [0.1, 0.15) is 12.3 Å². The molecule has 0 spiro atoms. The molecule has 0 aliphatic rings. The number of ether oxygens (including phenoxy) is 1. The summed E-state index contributed by atoms with van der Waals surface area (Å²) in [6.07, 6.45) is 3.41.